The Labute approximate surface area is 558 Å². The van der Waals surface area contributed by atoms with Gasteiger partial charge in [0, 0.05) is 59.8 Å². The quantitative estimate of drug-likeness (QED) is 0.155. The van der Waals surface area contributed by atoms with Crippen LogP contribution in [0.5, 0.6) is 0 Å². The summed E-state index contributed by atoms with van der Waals surface area (Å²) in [6.45, 7) is 26.0. The Bertz CT molecular complexity index is 6050. The number of halogens is 3. The summed E-state index contributed by atoms with van der Waals surface area (Å²) in [6, 6.07) is 75.2. The largest absolute Gasteiger partial charge is 0.415 e. The van der Waals surface area contributed by atoms with Gasteiger partial charge in [0.25, 0.3) is 0 Å². The Morgan fingerprint density at radius 3 is 0.825 bits per heavy atom. The third-order valence-electron chi connectivity index (χ3n) is 19.1. The van der Waals surface area contributed by atoms with Crippen molar-refractivity contribution >= 4 is 92.9 Å². The van der Waals surface area contributed by atoms with Gasteiger partial charge in [-0.25, -0.2) is 4.85 Å². The molecule has 0 N–H and O–H groups in total. The highest BCUT2D eigenvalue weighted by molar-refractivity contribution is 6.14. The predicted molar refractivity (Wildman–Crippen MR) is 389 cm³/mol. The van der Waals surface area contributed by atoms with Gasteiger partial charge in [0.1, 0.15) is 12.1 Å². The Hall–Kier alpha value is -12.4. The van der Waals surface area contributed by atoms with Crippen molar-refractivity contribution in [3.05, 3.63) is 290 Å². The van der Waals surface area contributed by atoms with E-state index in [1.165, 1.54) is 34.4 Å². The summed E-state index contributed by atoms with van der Waals surface area (Å²) < 4.78 is 53.3. The highest BCUT2D eigenvalue weighted by atomic mass is 19.4. The summed E-state index contributed by atoms with van der Waals surface area (Å²) in [5.74, 6) is 0. The number of rotatable bonds is 6. The molecule has 0 fully saturated rings. The maximum atomic E-state index is 15.0. The number of alkyl halides is 3. The van der Waals surface area contributed by atoms with Gasteiger partial charge >= 0.3 is 6.18 Å². The maximum Gasteiger partial charge on any atom is 0.415 e. The summed E-state index contributed by atoms with van der Waals surface area (Å²) >= 11 is 0. The van der Waals surface area contributed by atoms with Crippen molar-refractivity contribution in [2.75, 3.05) is 0 Å². The molecule has 97 heavy (non-hydrogen) atoms. The van der Waals surface area contributed by atoms with E-state index in [0.29, 0.717) is 28.1 Å². The molecule has 0 aliphatic heterocycles. The Morgan fingerprint density at radius 1 is 0.289 bits per heavy atom. The first-order chi connectivity index (χ1) is 46.7. The van der Waals surface area contributed by atoms with Crippen molar-refractivity contribution in [1.82, 2.24) is 18.3 Å². The number of nitrogens with zero attached hydrogens (tertiary/aromatic N) is 8. The lowest BCUT2D eigenvalue weighted by Crippen LogP contribution is -2.09. The highest BCUT2D eigenvalue weighted by Gasteiger charge is 2.36. The minimum atomic E-state index is -4.75. The first-order valence-electron chi connectivity index (χ1n) is 32.1. The molecule has 466 valence electrons. The van der Waals surface area contributed by atoms with Crippen LogP contribution in [0.25, 0.3) is 137 Å². The van der Waals surface area contributed by atoms with Crippen LogP contribution in [-0.2, 0) is 6.18 Å². The van der Waals surface area contributed by atoms with Gasteiger partial charge in [-0.15, -0.1) is 0 Å². The van der Waals surface area contributed by atoms with Crippen LogP contribution in [-0.4, -0.2) is 18.3 Å². The van der Waals surface area contributed by atoms with Crippen molar-refractivity contribution in [2.45, 2.75) is 68.5 Å². The SMILES string of the molecule is Cc1ccc(-c2cc(-n3c4ccc(C)cc4c4cc(C)ccc43)c(C#N)cc2-n2c3ccc(C)cc3c3cc(C)ccc32)c(C#N)c1.[C-]#[N+]c1ccc(-c2cc(-n3c4ccc(C)cc4c4cc(C)ccc43)c(C#N)cc2-n2c3ccc(C)cc3c3cc(C)ccc32)c(C(F)(F)F)c1. The molecule has 0 amide bonds. The molecule has 0 spiro atoms. The predicted octanol–water partition coefficient (Wildman–Crippen LogP) is 23.1. The average Bonchev–Trinajstić information content (AvgIpc) is 1.64. The zero-order valence-electron chi connectivity index (χ0n) is 54.8. The fourth-order valence-corrected chi connectivity index (χ4v) is 14.6. The van der Waals surface area contributed by atoms with E-state index in [1.807, 2.05) is 110 Å². The number of aryl methyl sites for hydroxylation is 9. The summed E-state index contributed by atoms with van der Waals surface area (Å²) in [7, 11) is 0. The third kappa shape index (κ3) is 10.0. The average molecular weight is 1260 g/mol. The van der Waals surface area contributed by atoms with Crippen LogP contribution in [0.4, 0.5) is 18.9 Å². The minimum Gasteiger partial charge on any atom is -0.309 e. The Balaban J connectivity index is 0.000000159. The van der Waals surface area contributed by atoms with Crippen LogP contribution in [0.3, 0.4) is 0 Å². The minimum absolute atomic E-state index is 0.0766. The molecule has 0 saturated heterocycles. The molecule has 11 heteroatoms. The van der Waals surface area contributed by atoms with Crippen LogP contribution < -0.4 is 0 Å². The number of aromatic nitrogens is 4. The molecule has 0 saturated carbocycles. The molecule has 8 nitrogen and oxygen atoms in total. The molecule has 4 heterocycles. The van der Waals surface area contributed by atoms with Crippen LogP contribution in [0.2, 0.25) is 0 Å². The number of fused-ring (bicyclic) bond motifs is 12. The third-order valence-corrected chi connectivity index (χ3v) is 19.1. The topological polar surface area (TPSA) is 95.4 Å². The van der Waals surface area contributed by atoms with E-state index in [0.717, 1.165) is 144 Å². The molecular formula is C86H61F3N8. The van der Waals surface area contributed by atoms with E-state index in [1.54, 1.807) is 12.1 Å². The second kappa shape index (κ2) is 23.0. The lowest BCUT2D eigenvalue weighted by molar-refractivity contribution is -0.137. The second-order valence-electron chi connectivity index (χ2n) is 26.0. The monoisotopic (exact) mass is 1260 g/mol. The molecule has 0 bridgehead atoms. The smallest absolute Gasteiger partial charge is 0.309 e. The van der Waals surface area contributed by atoms with Gasteiger partial charge < -0.3 is 18.3 Å². The fraction of sp³-hybridized carbons (Fsp3) is 0.116. The Kier molecular flexibility index (Phi) is 14.4. The van der Waals surface area contributed by atoms with Crippen molar-refractivity contribution in [1.29, 1.82) is 15.8 Å². The molecule has 0 aliphatic rings. The fourth-order valence-electron chi connectivity index (χ4n) is 14.6. The first kappa shape index (κ1) is 60.8. The molecule has 0 unspecified atom stereocenters. The second-order valence-corrected chi connectivity index (χ2v) is 26.0. The van der Waals surface area contributed by atoms with Crippen LogP contribution in [0, 0.1) is 103 Å². The molecule has 16 aromatic rings. The van der Waals surface area contributed by atoms with E-state index in [4.69, 9.17) is 6.57 Å². The van der Waals surface area contributed by atoms with E-state index in [-0.39, 0.29) is 16.8 Å². The van der Waals surface area contributed by atoms with Crippen molar-refractivity contribution < 1.29 is 13.2 Å². The van der Waals surface area contributed by atoms with E-state index in [2.05, 4.69) is 169 Å². The molecule has 16 rings (SSSR count). The molecule has 12 aromatic carbocycles. The van der Waals surface area contributed by atoms with Gasteiger partial charge in [0.15, 0.2) is 5.69 Å². The van der Waals surface area contributed by atoms with Crippen LogP contribution in [0.1, 0.15) is 72.3 Å². The van der Waals surface area contributed by atoms with E-state index >= 15 is 0 Å². The molecule has 0 atom stereocenters. The van der Waals surface area contributed by atoms with Crippen molar-refractivity contribution in [3.8, 4) is 63.2 Å². The Morgan fingerprint density at radius 2 is 0.546 bits per heavy atom. The number of nitriles is 3. The van der Waals surface area contributed by atoms with E-state index in [9.17, 15) is 29.0 Å². The summed E-state index contributed by atoms with van der Waals surface area (Å²) in [6.07, 6.45) is -4.75. The lowest BCUT2D eigenvalue weighted by Gasteiger charge is -2.21. The molecular weight excluding hydrogens is 1200 g/mol. The van der Waals surface area contributed by atoms with Gasteiger partial charge in [-0.3, -0.25) is 0 Å². The van der Waals surface area contributed by atoms with Crippen LogP contribution >= 0.6 is 0 Å². The maximum absolute atomic E-state index is 15.0. The highest BCUT2D eigenvalue weighted by Crippen LogP contribution is 2.47. The number of hydrogen-bond acceptors (Lipinski definition) is 3. The zero-order valence-corrected chi connectivity index (χ0v) is 54.8. The molecule has 0 aliphatic carbocycles. The summed E-state index contributed by atoms with van der Waals surface area (Å²) in [5.41, 5.74) is 22.5. The normalized spacial score (nSPS) is 11.7. The van der Waals surface area contributed by atoms with Crippen LogP contribution in [0.15, 0.2) is 206 Å². The first-order valence-corrected chi connectivity index (χ1v) is 32.1. The molecule has 0 radical (unpaired) electrons. The van der Waals surface area contributed by atoms with E-state index < -0.39 is 11.7 Å². The summed E-state index contributed by atoms with van der Waals surface area (Å²) in [5, 5.41) is 40.6. The molecule has 4 aromatic heterocycles. The standard InChI is InChI=1S/C43H29F3N4.C43H32N4/c1-24-6-12-37-31(16-24)32-17-25(2)7-13-38(32)49(37)41-22-35(30-11-10-29(48-5)21-36(30)43(44,45)46)42(20-28(41)23-47)50-39-14-8-26(3)18-33(39)34-19-27(4)9-15-40(34)50;1-25-6-11-32(30(16-25)23-44)37-22-42(46-38-12-7-26(2)17-33(38)34-18-27(3)8-13-39(34)46)31(24-45)21-43(37)47-40-14-9-28(4)19-35(40)36-20-29(5)10-15-41(36)47/h6-22H,1-4H3;6-22H,1-5H3. The van der Waals surface area contributed by atoms with Crippen molar-refractivity contribution in [2.24, 2.45) is 0 Å². The summed E-state index contributed by atoms with van der Waals surface area (Å²) in [4.78, 5) is 3.32. The van der Waals surface area contributed by atoms with Gasteiger partial charge in [-0.1, -0.05) is 117 Å². The van der Waals surface area contributed by atoms with Gasteiger partial charge in [0.05, 0.1) is 102 Å². The van der Waals surface area contributed by atoms with Crippen molar-refractivity contribution in [3.63, 3.8) is 0 Å². The number of benzene rings is 12. The lowest BCUT2D eigenvalue weighted by atomic mass is 9.94. The zero-order chi connectivity index (χ0) is 67.6. The van der Waals surface area contributed by atoms with Gasteiger partial charge in [0.2, 0.25) is 0 Å². The number of hydrogen-bond donors (Lipinski definition) is 0. The van der Waals surface area contributed by atoms with Gasteiger partial charge in [-0.2, -0.15) is 29.0 Å². The van der Waals surface area contributed by atoms with Gasteiger partial charge in [-0.05, 0) is 207 Å².